The number of H-pyrrole nitrogens is 1. The number of nitrogens with two attached hydrogens (primary N) is 1. The van der Waals surface area contributed by atoms with E-state index in [0.717, 1.165) is 17.5 Å². The normalized spacial score (nSPS) is 11.0. The molecule has 1 heterocycles. The third-order valence-corrected chi connectivity index (χ3v) is 5.20. The van der Waals surface area contributed by atoms with E-state index in [9.17, 15) is 10.1 Å². The number of thioether (sulfide) groups is 1. The summed E-state index contributed by atoms with van der Waals surface area (Å²) in [6, 6.07) is 21.8. The van der Waals surface area contributed by atoms with E-state index in [1.807, 2.05) is 42.5 Å². The van der Waals surface area contributed by atoms with Crippen LogP contribution >= 0.6 is 11.8 Å². The number of hydrogen-bond acceptors (Lipinski definition) is 6. The molecule has 0 radical (unpaired) electrons. The third kappa shape index (κ3) is 5.07. The lowest BCUT2D eigenvalue weighted by molar-refractivity contribution is -0.410. The van der Waals surface area contributed by atoms with Gasteiger partial charge in [-0.2, -0.15) is 10.5 Å². The number of para-hydroxylation sites is 1. The molecule has 0 spiro atoms. The van der Waals surface area contributed by atoms with Crippen molar-refractivity contribution in [1.29, 1.82) is 10.5 Å². The van der Waals surface area contributed by atoms with Gasteiger partial charge in [-0.05, 0) is 49.4 Å². The average molecular weight is 416 g/mol. The first-order valence-electron chi connectivity index (χ1n) is 8.96. The molecular formula is C22H18N5O2S+. The van der Waals surface area contributed by atoms with Gasteiger partial charge in [0, 0.05) is 5.69 Å². The van der Waals surface area contributed by atoms with Crippen LogP contribution in [0, 0.1) is 22.7 Å². The van der Waals surface area contributed by atoms with Crippen molar-refractivity contribution in [1.82, 2.24) is 0 Å². The maximum atomic E-state index is 12.6. The standard InChI is InChI=1S/C22H17N5O2S/c1-14(30-22-16(13-24)11-15(12-23)20(25)27-22)21(28)26-17-7-9-19(10-8-17)29-18-5-3-2-4-6-18/h2-11,14H,1H3,(H2,25,27)(H,26,28)/p+1/t14-/m0/s1. The third-order valence-electron chi connectivity index (χ3n) is 4.08. The van der Waals surface area contributed by atoms with Crippen molar-refractivity contribution in [3.63, 3.8) is 0 Å². The van der Waals surface area contributed by atoms with Crippen LogP contribution in [0.4, 0.5) is 11.5 Å². The summed E-state index contributed by atoms with van der Waals surface area (Å²) in [5.41, 5.74) is 6.85. The zero-order valence-corrected chi connectivity index (χ0v) is 16.9. The number of anilines is 2. The molecule has 1 atom stereocenters. The topological polar surface area (TPSA) is 126 Å². The minimum absolute atomic E-state index is 0.153. The van der Waals surface area contributed by atoms with Crippen LogP contribution in [-0.2, 0) is 4.79 Å². The Morgan fingerprint density at radius 2 is 1.70 bits per heavy atom. The SMILES string of the molecule is C[C@H](Sc1[nH+]c(N)c(C#N)cc1C#N)C(=O)Nc1ccc(Oc2ccccc2)cc1. The number of amides is 1. The van der Waals surface area contributed by atoms with Crippen LogP contribution < -0.4 is 20.8 Å². The summed E-state index contributed by atoms with van der Waals surface area (Å²) in [5, 5.41) is 21.1. The molecule has 0 bridgehead atoms. The molecule has 0 saturated carbocycles. The highest BCUT2D eigenvalue weighted by molar-refractivity contribution is 8.00. The zero-order valence-electron chi connectivity index (χ0n) is 16.0. The van der Waals surface area contributed by atoms with Crippen molar-refractivity contribution < 1.29 is 14.5 Å². The van der Waals surface area contributed by atoms with Crippen LogP contribution in [0.2, 0.25) is 0 Å². The van der Waals surface area contributed by atoms with Gasteiger partial charge in [-0.3, -0.25) is 10.5 Å². The van der Waals surface area contributed by atoms with Gasteiger partial charge in [0.1, 0.15) is 34.8 Å². The molecule has 7 nitrogen and oxygen atoms in total. The molecular weight excluding hydrogens is 398 g/mol. The fourth-order valence-corrected chi connectivity index (χ4v) is 3.44. The first kappa shape index (κ1) is 20.7. The number of nitrogens with one attached hydrogen (secondary N) is 2. The molecule has 0 unspecified atom stereocenters. The fraction of sp³-hybridized carbons (Fsp3) is 0.0909. The molecule has 0 aliphatic carbocycles. The largest absolute Gasteiger partial charge is 0.457 e. The Labute approximate surface area is 178 Å². The minimum Gasteiger partial charge on any atom is -0.457 e. The van der Waals surface area contributed by atoms with Crippen LogP contribution in [0.5, 0.6) is 11.5 Å². The highest BCUT2D eigenvalue weighted by Crippen LogP contribution is 2.26. The van der Waals surface area contributed by atoms with Gasteiger partial charge < -0.3 is 10.1 Å². The van der Waals surface area contributed by atoms with Crippen LogP contribution in [0.25, 0.3) is 0 Å². The Balaban J connectivity index is 1.64. The minimum atomic E-state index is -0.513. The number of aromatic amines is 1. The van der Waals surface area contributed by atoms with Gasteiger partial charge in [-0.25, -0.2) is 4.98 Å². The van der Waals surface area contributed by atoms with Gasteiger partial charge in [0.15, 0.2) is 5.03 Å². The molecule has 4 N–H and O–H groups in total. The van der Waals surface area contributed by atoms with Gasteiger partial charge in [0.25, 0.3) is 5.82 Å². The van der Waals surface area contributed by atoms with Gasteiger partial charge >= 0.3 is 0 Å². The van der Waals surface area contributed by atoms with Gasteiger partial charge in [-0.15, -0.1) is 0 Å². The summed E-state index contributed by atoms with van der Waals surface area (Å²) in [7, 11) is 0. The predicted molar refractivity (Wildman–Crippen MR) is 114 cm³/mol. The van der Waals surface area contributed by atoms with E-state index in [2.05, 4.69) is 10.3 Å². The summed E-state index contributed by atoms with van der Waals surface area (Å²) < 4.78 is 5.73. The van der Waals surface area contributed by atoms with Crippen molar-refractivity contribution in [2.45, 2.75) is 17.2 Å². The van der Waals surface area contributed by atoms with Crippen molar-refractivity contribution in [2.24, 2.45) is 0 Å². The summed E-state index contributed by atoms with van der Waals surface area (Å²) >= 11 is 1.16. The number of ether oxygens (including phenoxy) is 1. The molecule has 2 aromatic carbocycles. The number of carbonyl (C=O) groups excluding carboxylic acids is 1. The van der Waals surface area contributed by atoms with Crippen LogP contribution in [-0.4, -0.2) is 11.2 Å². The number of nitrogens with zero attached hydrogens (tertiary/aromatic N) is 2. The molecule has 0 aliphatic rings. The zero-order chi connectivity index (χ0) is 21.5. The summed E-state index contributed by atoms with van der Waals surface area (Å²) in [6.07, 6.45) is 0. The molecule has 148 valence electrons. The Morgan fingerprint density at radius 3 is 2.33 bits per heavy atom. The Kier molecular flexibility index (Phi) is 6.53. The van der Waals surface area contributed by atoms with Crippen molar-refractivity contribution >= 4 is 29.2 Å². The lowest BCUT2D eigenvalue weighted by Crippen LogP contribution is -2.25. The van der Waals surface area contributed by atoms with Gasteiger partial charge in [0.05, 0.1) is 5.25 Å². The van der Waals surface area contributed by atoms with E-state index in [1.165, 1.54) is 6.07 Å². The number of nitriles is 2. The Bertz CT molecular complexity index is 1140. The summed E-state index contributed by atoms with van der Waals surface area (Å²) in [5.74, 6) is 1.30. The van der Waals surface area contributed by atoms with E-state index >= 15 is 0 Å². The second-order valence-electron chi connectivity index (χ2n) is 6.25. The molecule has 0 fully saturated rings. The first-order valence-corrected chi connectivity index (χ1v) is 9.84. The quantitative estimate of drug-likeness (QED) is 0.590. The van der Waals surface area contributed by atoms with E-state index in [0.29, 0.717) is 16.5 Å². The maximum absolute atomic E-state index is 12.6. The maximum Gasteiger partial charge on any atom is 0.289 e. The van der Waals surface area contributed by atoms with Gasteiger partial charge in [-0.1, -0.05) is 30.0 Å². The number of carbonyl (C=O) groups is 1. The molecule has 30 heavy (non-hydrogen) atoms. The molecule has 3 aromatic rings. The van der Waals surface area contributed by atoms with Crippen molar-refractivity contribution in [2.75, 3.05) is 11.1 Å². The van der Waals surface area contributed by atoms with Crippen LogP contribution in [0.1, 0.15) is 18.1 Å². The second-order valence-corrected chi connectivity index (χ2v) is 7.60. The highest BCUT2D eigenvalue weighted by atomic mass is 32.2. The van der Waals surface area contributed by atoms with Crippen molar-refractivity contribution in [3.05, 3.63) is 71.8 Å². The highest BCUT2D eigenvalue weighted by Gasteiger charge is 2.21. The van der Waals surface area contributed by atoms with E-state index in [4.69, 9.17) is 15.7 Å². The van der Waals surface area contributed by atoms with E-state index < -0.39 is 5.25 Å². The van der Waals surface area contributed by atoms with E-state index in [1.54, 1.807) is 31.2 Å². The molecule has 0 saturated heterocycles. The van der Waals surface area contributed by atoms with Crippen LogP contribution in [0.3, 0.4) is 0 Å². The molecule has 3 rings (SSSR count). The van der Waals surface area contributed by atoms with Gasteiger partial charge in [0.2, 0.25) is 5.91 Å². The number of pyridine rings is 1. The van der Waals surface area contributed by atoms with Crippen molar-refractivity contribution in [3.8, 4) is 23.6 Å². The predicted octanol–water partition coefficient (Wildman–Crippen LogP) is 3.74. The number of rotatable bonds is 6. The second kappa shape index (κ2) is 9.46. The number of nitrogen functional groups attached to an aromatic ring is 1. The number of aromatic nitrogens is 1. The number of hydrogen-bond donors (Lipinski definition) is 2. The summed E-state index contributed by atoms with van der Waals surface area (Å²) in [6.45, 7) is 1.72. The van der Waals surface area contributed by atoms with Crippen LogP contribution in [0.15, 0.2) is 65.7 Å². The fourth-order valence-electron chi connectivity index (χ4n) is 2.52. The number of benzene rings is 2. The van der Waals surface area contributed by atoms with E-state index in [-0.39, 0.29) is 22.9 Å². The monoisotopic (exact) mass is 416 g/mol. The first-order chi connectivity index (χ1) is 14.5. The lowest BCUT2D eigenvalue weighted by atomic mass is 10.2. The molecule has 8 heteroatoms. The molecule has 0 aliphatic heterocycles. The Morgan fingerprint density at radius 1 is 1.07 bits per heavy atom. The summed E-state index contributed by atoms with van der Waals surface area (Å²) in [4.78, 5) is 15.4. The lowest BCUT2D eigenvalue weighted by Gasteiger charge is -2.12. The average Bonchev–Trinajstić information content (AvgIpc) is 2.76. The molecule has 1 amide bonds. The smallest absolute Gasteiger partial charge is 0.289 e. The Hall–Kier alpha value is -4.01. The molecule has 1 aromatic heterocycles.